The first-order valence-corrected chi connectivity index (χ1v) is 15.7. The minimum atomic E-state index is -3.67. The quantitative estimate of drug-likeness (QED) is 0.259. The lowest BCUT2D eigenvalue weighted by Gasteiger charge is -2.20. The third kappa shape index (κ3) is 10.5. The van der Waals surface area contributed by atoms with E-state index >= 15 is 0 Å². The van der Waals surface area contributed by atoms with Crippen molar-refractivity contribution < 1.29 is 17.8 Å². The van der Waals surface area contributed by atoms with Crippen LogP contribution in [-0.2, 0) is 16.7 Å². The summed E-state index contributed by atoms with van der Waals surface area (Å²) in [6.45, 7) is 7.33. The highest BCUT2D eigenvalue weighted by Crippen LogP contribution is 2.24. The minimum absolute atomic E-state index is 0.124. The van der Waals surface area contributed by atoms with E-state index in [-0.39, 0.29) is 5.91 Å². The second-order valence-electron chi connectivity index (χ2n) is 10.5. The third-order valence-corrected chi connectivity index (χ3v) is 6.78. The second kappa shape index (κ2) is 14.8. The number of nitrogens with one attached hydrogen (secondary N) is 2. The number of rotatable bonds is 7. The molecule has 1 saturated heterocycles. The summed E-state index contributed by atoms with van der Waals surface area (Å²) in [6, 6.07) is 19.4. The van der Waals surface area contributed by atoms with E-state index in [1.807, 2.05) is 55.5 Å². The zero-order valence-corrected chi connectivity index (χ0v) is 25.4. The maximum absolute atomic E-state index is 12.9. The number of aryl methyl sites for hydroxylation is 1. The van der Waals surface area contributed by atoms with Crippen molar-refractivity contribution in [1.29, 1.82) is 0 Å². The first-order chi connectivity index (χ1) is 20.5. The molecule has 0 bridgehead atoms. The molecule has 3 heterocycles. The van der Waals surface area contributed by atoms with Crippen molar-refractivity contribution in [2.24, 2.45) is 0 Å². The van der Waals surface area contributed by atoms with E-state index < -0.39 is 10.1 Å². The van der Waals surface area contributed by atoms with Crippen LogP contribution in [0.4, 0.5) is 17.3 Å². The number of hydrogen-bond acceptors (Lipinski definition) is 9. The summed E-state index contributed by atoms with van der Waals surface area (Å²) < 4.78 is 25.9. The molecular weight excluding hydrogens is 566 g/mol. The highest BCUT2D eigenvalue weighted by Gasteiger charge is 2.13. The Balaban J connectivity index is 0.000000782. The smallest absolute Gasteiger partial charge is 0.261 e. The molecule has 5 rings (SSSR count). The monoisotopic (exact) mass is 603 g/mol. The molecule has 0 spiro atoms. The van der Waals surface area contributed by atoms with Gasteiger partial charge in [0.25, 0.3) is 16.0 Å². The zero-order chi connectivity index (χ0) is 30.8. The standard InChI is InChI=1S/C30H33N7O.CH4O3S/c1-22-19-26(10-11-27(22)34-30-32-14-12-28(35-30)25-5-3-13-31-20-25)33-29(38)24-8-6-23(7-9-24)21-37-16-4-15-36(2)17-18-37;1-5(2,3)4/h3,5-14,19-20H,4,15-18,21H2,1-2H3,(H,33,38)(H,32,34,35);1H3,(H,2,3,4). The lowest BCUT2D eigenvalue weighted by molar-refractivity contribution is 0.102. The van der Waals surface area contributed by atoms with Crippen LogP contribution in [0.25, 0.3) is 11.3 Å². The van der Waals surface area contributed by atoms with E-state index in [1.54, 1.807) is 18.6 Å². The van der Waals surface area contributed by atoms with Crippen molar-refractivity contribution in [2.75, 3.05) is 50.1 Å². The molecule has 11 nitrogen and oxygen atoms in total. The van der Waals surface area contributed by atoms with Crippen LogP contribution in [0.5, 0.6) is 0 Å². The highest BCUT2D eigenvalue weighted by molar-refractivity contribution is 7.85. The predicted molar refractivity (Wildman–Crippen MR) is 169 cm³/mol. The summed E-state index contributed by atoms with van der Waals surface area (Å²) >= 11 is 0. The molecular formula is C31H37N7O4S. The van der Waals surface area contributed by atoms with Crippen LogP contribution in [0, 0.1) is 6.92 Å². The Morgan fingerprint density at radius 1 is 1.00 bits per heavy atom. The van der Waals surface area contributed by atoms with Crippen molar-refractivity contribution in [2.45, 2.75) is 19.9 Å². The molecule has 43 heavy (non-hydrogen) atoms. The normalized spacial score (nSPS) is 14.2. The molecule has 3 N–H and O–H groups in total. The fourth-order valence-corrected chi connectivity index (χ4v) is 4.58. The van der Waals surface area contributed by atoms with Crippen LogP contribution < -0.4 is 10.6 Å². The van der Waals surface area contributed by atoms with Gasteiger partial charge in [0.05, 0.1) is 11.9 Å². The van der Waals surface area contributed by atoms with Gasteiger partial charge in [-0.15, -0.1) is 0 Å². The van der Waals surface area contributed by atoms with E-state index in [0.29, 0.717) is 17.8 Å². The Bertz CT molecular complexity index is 1610. The van der Waals surface area contributed by atoms with Gasteiger partial charge in [-0.3, -0.25) is 19.2 Å². The second-order valence-corrected chi connectivity index (χ2v) is 11.9. The largest absolute Gasteiger partial charge is 0.324 e. The number of pyridine rings is 1. The third-order valence-electron chi connectivity index (χ3n) is 6.78. The van der Waals surface area contributed by atoms with Gasteiger partial charge in [-0.1, -0.05) is 12.1 Å². The van der Waals surface area contributed by atoms with Crippen LogP contribution in [0.1, 0.15) is 27.9 Å². The summed E-state index contributed by atoms with van der Waals surface area (Å²) in [5.41, 5.74) is 6.17. The van der Waals surface area contributed by atoms with Crippen molar-refractivity contribution >= 4 is 33.3 Å². The molecule has 0 atom stereocenters. The van der Waals surface area contributed by atoms with E-state index in [4.69, 9.17) is 4.55 Å². The molecule has 0 radical (unpaired) electrons. The molecule has 2 aromatic carbocycles. The fourth-order valence-electron chi connectivity index (χ4n) is 4.58. The first kappa shape index (κ1) is 31.7. The van der Waals surface area contributed by atoms with Crippen LogP contribution >= 0.6 is 0 Å². The molecule has 1 fully saturated rings. The predicted octanol–water partition coefficient (Wildman–Crippen LogP) is 4.48. The molecule has 226 valence electrons. The highest BCUT2D eigenvalue weighted by atomic mass is 32.2. The van der Waals surface area contributed by atoms with E-state index in [9.17, 15) is 13.2 Å². The summed E-state index contributed by atoms with van der Waals surface area (Å²) in [4.78, 5) is 30.9. The molecule has 1 amide bonds. The molecule has 0 saturated carbocycles. The maximum Gasteiger partial charge on any atom is 0.261 e. The molecule has 0 aliphatic carbocycles. The molecule has 4 aromatic rings. The van der Waals surface area contributed by atoms with Crippen molar-refractivity contribution in [3.05, 3.63) is 95.9 Å². The Hall–Kier alpha value is -4.23. The van der Waals surface area contributed by atoms with Gasteiger partial charge in [-0.25, -0.2) is 9.97 Å². The summed E-state index contributed by atoms with van der Waals surface area (Å²) in [6.07, 6.45) is 7.14. The number of hydrogen-bond donors (Lipinski definition) is 3. The number of anilines is 3. The van der Waals surface area contributed by atoms with Gasteiger partial charge in [0.1, 0.15) is 0 Å². The maximum atomic E-state index is 12.9. The lowest BCUT2D eigenvalue weighted by atomic mass is 10.1. The number of nitrogens with zero attached hydrogens (tertiary/aromatic N) is 5. The Morgan fingerprint density at radius 3 is 2.47 bits per heavy atom. The van der Waals surface area contributed by atoms with Crippen LogP contribution in [0.15, 0.2) is 79.3 Å². The SMILES string of the molecule is CS(=O)(=O)O.Cc1cc(NC(=O)c2ccc(CN3CCCN(C)CC3)cc2)ccc1Nc1nccc(-c2cccnc2)n1. The lowest BCUT2D eigenvalue weighted by Crippen LogP contribution is -2.28. The van der Waals surface area contributed by atoms with E-state index in [1.165, 1.54) is 12.0 Å². The van der Waals surface area contributed by atoms with Crippen LogP contribution in [-0.4, -0.2) is 83.1 Å². The number of amides is 1. The Morgan fingerprint density at radius 2 is 1.77 bits per heavy atom. The summed E-state index contributed by atoms with van der Waals surface area (Å²) in [5.74, 6) is 0.374. The molecule has 2 aromatic heterocycles. The molecule has 12 heteroatoms. The summed E-state index contributed by atoms with van der Waals surface area (Å²) in [7, 11) is -1.49. The van der Waals surface area contributed by atoms with Crippen LogP contribution in [0.2, 0.25) is 0 Å². The van der Waals surface area contributed by atoms with Gasteiger partial charge in [0.2, 0.25) is 5.95 Å². The van der Waals surface area contributed by atoms with E-state index in [0.717, 1.165) is 60.9 Å². The average molecular weight is 604 g/mol. The number of carbonyl (C=O) groups excluding carboxylic acids is 1. The number of carbonyl (C=O) groups is 1. The Labute approximate surface area is 252 Å². The van der Waals surface area contributed by atoms with Gasteiger partial charge in [0.15, 0.2) is 0 Å². The van der Waals surface area contributed by atoms with Crippen molar-refractivity contribution in [3.63, 3.8) is 0 Å². The van der Waals surface area contributed by atoms with Crippen molar-refractivity contribution in [3.8, 4) is 11.3 Å². The number of benzene rings is 2. The van der Waals surface area contributed by atoms with Gasteiger partial charge < -0.3 is 15.5 Å². The first-order valence-electron chi connectivity index (χ1n) is 13.9. The molecule has 1 aliphatic heterocycles. The summed E-state index contributed by atoms with van der Waals surface area (Å²) in [5, 5.41) is 6.29. The van der Waals surface area contributed by atoms with E-state index in [2.05, 4.69) is 54.6 Å². The van der Waals surface area contributed by atoms with Gasteiger partial charge >= 0.3 is 0 Å². The van der Waals surface area contributed by atoms with Gasteiger partial charge in [-0.05, 0) is 93.1 Å². The fraction of sp³-hybridized carbons (Fsp3) is 0.290. The van der Waals surface area contributed by atoms with Gasteiger partial charge in [0, 0.05) is 60.7 Å². The zero-order valence-electron chi connectivity index (χ0n) is 24.6. The number of likely N-dealkylation sites (N-methyl/N-ethyl adjacent to an activating group) is 1. The van der Waals surface area contributed by atoms with Crippen LogP contribution in [0.3, 0.4) is 0 Å². The van der Waals surface area contributed by atoms with Crippen molar-refractivity contribution in [1.82, 2.24) is 24.8 Å². The Kier molecular flexibility index (Phi) is 10.9. The topological polar surface area (TPSA) is 141 Å². The molecule has 0 unspecified atom stereocenters. The van der Waals surface area contributed by atoms with Gasteiger partial charge in [-0.2, -0.15) is 8.42 Å². The molecule has 1 aliphatic rings. The minimum Gasteiger partial charge on any atom is -0.324 e. The number of aromatic nitrogens is 3. The average Bonchev–Trinajstić information content (AvgIpc) is 3.18.